The van der Waals surface area contributed by atoms with Crippen LogP contribution in [-0.4, -0.2) is 25.7 Å². The Hall–Kier alpha value is -1.67. The van der Waals surface area contributed by atoms with Crippen molar-refractivity contribution in [3.05, 3.63) is 35.4 Å². The molecule has 1 fully saturated rings. The molecule has 3 atom stereocenters. The molecule has 0 bridgehead atoms. The van der Waals surface area contributed by atoms with Crippen LogP contribution >= 0.6 is 0 Å². The molecule has 0 unspecified atom stereocenters. The molecule has 4 nitrogen and oxygen atoms in total. The normalized spacial score (nSPS) is 28.6. The van der Waals surface area contributed by atoms with E-state index in [-0.39, 0.29) is 5.75 Å². The van der Waals surface area contributed by atoms with Crippen molar-refractivity contribution in [2.45, 2.75) is 31.4 Å². The van der Waals surface area contributed by atoms with Crippen molar-refractivity contribution in [1.29, 1.82) is 5.26 Å². The van der Waals surface area contributed by atoms with Crippen molar-refractivity contribution in [2.24, 2.45) is 5.41 Å². The SMILES string of the molecule is CCc1ccc([C@@H]2[C@H](S(=O)(=O)CC)[C@@]2(C#N)C=O)cc1. The first kappa shape index (κ1) is 14.7. The van der Waals surface area contributed by atoms with Crippen LogP contribution in [0, 0.1) is 16.7 Å². The van der Waals surface area contributed by atoms with E-state index >= 15 is 0 Å². The number of nitriles is 1. The fraction of sp³-hybridized carbons (Fsp3) is 0.467. The van der Waals surface area contributed by atoms with Gasteiger partial charge in [-0.15, -0.1) is 0 Å². The summed E-state index contributed by atoms with van der Waals surface area (Å²) in [6, 6.07) is 9.40. The Bertz CT molecular complexity index is 657. The Morgan fingerprint density at radius 2 is 1.90 bits per heavy atom. The van der Waals surface area contributed by atoms with Crippen molar-refractivity contribution in [2.75, 3.05) is 5.75 Å². The van der Waals surface area contributed by atoms with Crippen LogP contribution in [0.25, 0.3) is 0 Å². The van der Waals surface area contributed by atoms with Crippen LogP contribution in [0.1, 0.15) is 30.9 Å². The van der Waals surface area contributed by atoms with E-state index in [1.54, 1.807) is 0 Å². The van der Waals surface area contributed by atoms with Crippen LogP contribution in [0.2, 0.25) is 0 Å². The van der Waals surface area contributed by atoms with Gasteiger partial charge in [-0.2, -0.15) is 5.26 Å². The predicted octanol–water partition coefficient (Wildman–Crippen LogP) is 1.86. The monoisotopic (exact) mass is 291 g/mol. The zero-order valence-corrected chi connectivity index (χ0v) is 12.4. The number of carbonyl (C=O) groups excluding carboxylic acids is 1. The highest BCUT2D eigenvalue weighted by molar-refractivity contribution is 7.92. The van der Waals surface area contributed by atoms with Crippen LogP contribution in [0.15, 0.2) is 24.3 Å². The minimum atomic E-state index is -3.42. The number of sulfone groups is 1. The van der Waals surface area contributed by atoms with E-state index in [1.165, 1.54) is 6.92 Å². The number of aryl methyl sites for hydroxylation is 1. The molecular formula is C15H17NO3S. The first-order valence-corrected chi connectivity index (χ1v) is 8.36. The van der Waals surface area contributed by atoms with Crippen molar-refractivity contribution in [3.63, 3.8) is 0 Å². The number of benzene rings is 1. The molecule has 2 rings (SSSR count). The quantitative estimate of drug-likeness (QED) is 0.776. The minimum absolute atomic E-state index is 0.0571. The lowest BCUT2D eigenvalue weighted by atomic mass is 10.0. The molecule has 1 saturated carbocycles. The third kappa shape index (κ3) is 2.04. The number of hydrogen-bond acceptors (Lipinski definition) is 4. The molecule has 0 aliphatic heterocycles. The van der Waals surface area contributed by atoms with Gasteiger partial charge in [-0.25, -0.2) is 8.42 Å². The van der Waals surface area contributed by atoms with Crippen LogP contribution in [0.3, 0.4) is 0 Å². The first-order chi connectivity index (χ1) is 9.46. The fourth-order valence-electron chi connectivity index (χ4n) is 2.77. The van der Waals surface area contributed by atoms with Gasteiger partial charge in [-0.3, -0.25) is 0 Å². The molecule has 1 aliphatic rings. The van der Waals surface area contributed by atoms with Gasteiger partial charge in [0, 0.05) is 11.7 Å². The molecule has 0 saturated heterocycles. The van der Waals surface area contributed by atoms with Crippen molar-refractivity contribution >= 4 is 16.1 Å². The lowest BCUT2D eigenvalue weighted by Gasteiger charge is -2.02. The molecule has 1 aromatic carbocycles. The minimum Gasteiger partial charge on any atom is -0.302 e. The molecule has 0 N–H and O–H groups in total. The summed E-state index contributed by atoms with van der Waals surface area (Å²) in [7, 11) is -3.42. The molecular weight excluding hydrogens is 274 g/mol. The second-order valence-corrected chi connectivity index (χ2v) is 7.52. The number of aldehydes is 1. The summed E-state index contributed by atoms with van der Waals surface area (Å²) < 4.78 is 24.2. The van der Waals surface area contributed by atoms with Gasteiger partial charge >= 0.3 is 0 Å². The maximum absolute atomic E-state index is 12.1. The molecule has 0 radical (unpaired) electrons. The Morgan fingerprint density at radius 1 is 1.30 bits per heavy atom. The van der Waals surface area contributed by atoms with E-state index in [4.69, 9.17) is 0 Å². The second kappa shape index (κ2) is 5.02. The van der Waals surface area contributed by atoms with Gasteiger partial charge in [0.1, 0.15) is 11.7 Å². The number of hydrogen-bond donors (Lipinski definition) is 0. The average molecular weight is 291 g/mol. The van der Waals surface area contributed by atoms with E-state index < -0.39 is 26.4 Å². The number of carbonyl (C=O) groups is 1. The molecule has 0 spiro atoms. The van der Waals surface area contributed by atoms with Gasteiger partial charge in [0.15, 0.2) is 9.84 Å². The number of nitrogens with zero attached hydrogens (tertiary/aromatic N) is 1. The van der Waals surface area contributed by atoms with Crippen molar-refractivity contribution in [1.82, 2.24) is 0 Å². The van der Waals surface area contributed by atoms with E-state index in [0.717, 1.165) is 17.5 Å². The second-order valence-electron chi connectivity index (χ2n) is 5.11. The maximum atomic E-state index is 12.1. The summed E-state index contributed by atoms with van der Waals surface area (Å²) in [4.78, 5) is 11.3. The zero-order valence-electron chi connectivity index (χ0n) is 11.5. The van der Waals surface area contributed by atoms with Gasteiger partial charge in [-0.05, 0) is 17.5 Å². The van der Waals surface area contributed by atoms with E-state index in [2.05, 4.69) is 0 Å². The van der Waals surface area contributed by atoms with E-state index in [0.29, 0.717) is 6.29 Å². The lowest BCUT2D eigenvalue weighted by Crippen LogP contribution is -2.17. The first-order valence-electron chi connectivity index (χ1n) is 6.64. The van der Waals surface area contributed by atoms with Crippen LogP contribution in [0.4, 0.5) is 0 Å². The molecule has 1 aliphatic carbocycles. The van der Waals surface area contributed by atoms with E-state index in [1.807, 2.05) is 37.3 Å². The summed E-state index contributed by atoms with van der Waals surface area (Å²) in [6.07, 6.45) is 1.39. The predicted molar refractivity (Wildman–Crippen MR) is 75.9 cm³/mol. The van der Waals surface area contributed by atoms with Crippen LogP contribution in [-0.2, 0) is 21.1 Å². The van der Waals surface area contributed by atoms with Gasteiger partial charge in [0.05, 0.1) is 11.3 Å². The van der Waals surface area contributed by atoms with E-state index in [9.17, 15) is 18.5 Å². The molecule has 1 aromatic rings. The molecule has 106 valence electrons. The summed E-state index contributed by atoms with van der Waals surface area (Å²) in [5.74, 6) is -0.598. The topological polar surface area (TPSA) is 75.0 Å². The number of rotatable bonds is 5. The maximum Gasteiger partial charge on any atom is 0.155 e. The Balaban J connectivity index is 2.44. The highest BCUT2D eigenvalue weighted by Gasteiger charge is 2.72. The van der Waals surface area contributed by atoms with Gasteiger partial charge < -0.3 is 4.79 Å². The van der Waals surface area contributed by atoms with Gasteiger partial charge in [0.2, 0.25) is 0 Å². The lowest BCUT2D eigenvalue weighted by molar-refractivity contribution is -0.110. The Kier molecular flexibility index (Phi) is 3.70. The van der Waals surface area contributed by atoms with Gasteiger partial charge in [-0.1, -0.05) is 38.1 Å². The highest BCUT2D eigenvalue weighted by Crippen LogP contribution is 2.61. The zero-order chi connectivity index (χ0) is 15.0. The molecule has 20 heavy (non-hydrogen) atoms. The standard InChI is InChI=1S/C15H17NO3S/c1-3-11-5-7-12(8-6-11)13-14(20(18,19)4-2)15(13,9-16)10-17/h5-8,10,13-14H,3-4H2,1-2H3/t13-,14+,15+/m1/s1. The third-order valence-electron chi connectivity index (χ3n) is 4.10. The van der Waals surface area contributed by atoms with Crippen molar-refractivity contribution < 1.29 is 13.2 Å². The van der Waals surface area contributed by atoms with Crippen LogP contribution < -0.4 is 0 Å². The van der Waals surface area contributed by atoms with Crippen molar-refractivity contribution in [3.8, 4) is 6.07 Å². The molecule has 5 heteroatoms. The largest absolute Gasteiger partial charge is 0.302 e. The highest BCUT2D eigenvalue weighted by atomic mass is 32.2. The summed E-state index contributed by atoms with van der Waals surface area (Å²) >= 11 is 0. The summed E-state index contributed by atoms with van der Waals surface area (Å²) in [5.41, 5.74) is 0.471. The summed E-state index contributed by atoms with van der Waals surface area (Å²) in [6.45, 7) is 3.57. The molecule has 0 aromatic heterocycles. The molecule has 0 heterocycles. The fourth-order valence-corrected chi connectivity index (χ4v) is 4.70. The Labute approximate surface area is 119 Å². The summed E-state index contributed by atoms with van der Waals surface area (Å²) in [5, 5.41) is 8.37. The van der Waals surface area contributed by atoms with Crippen LogP contribution in [0.5, 0.6) is 0 Å². The molecule has 0 amide bonds. The third-order valence-corrected chi connectivity index (χ3v) is 6.34. The average Bonchev–Trinajstić information content (AvgIpc) is 3.18. The Morgan fingerprint density at radius 3 is 2.30 bits per heavy atom. The smallest absolute Gasteiger partial charge is 0.155 e. The van der Waals surface area contributed by atoms with Gasteiger partial charge in [0.25, 0.3) is 0 Å².